The number of urea groups is 1. The number of rotatable bonds is 6. The number of carbonyl (C=O) groups is 3. The number of nitrogens with zero attached hydrogens (tertiary/aromatic N) is 6. The van der Waals surface area contributed by atoms with E-state index in [-0.39, 0.29) is 43.7 Å². The van der Waals surface area contributed by atoms with Crippen molar-refractivity contribution in [1.82, 2.24) is 24.3 Å². The van der Waals surface area contributed by atoms with Crippen molar-refractivity contribution in [2.75, 3.05) is 26.2 Å². The molecular formula is C20H22N6O5. The van der Waals surface area contributed by atoms with Crippen molar-refractivity contribution >= 4 is 23.7 Å². The number of aryl methyl sites for hydroxylation is 1. The normalized spacial score (nSPS) is 18.5. The lowest BCUT2D eigenvalue weighted by Crippen LogP contribution is -2.55. The molecule has 11 nitrogen and oxygen atoms in total. The second kappa shape index (κ2) is 8.17. The number of carbonyl (C=O) groups excluding carboxylic acids is 3. The highest BCUT2D eigenvalue weighted by molar-refractivity contribution is 6.04. The molecule has 1 aromatic heterocycles. The lowest BCUT2D eigenvalue weighted by atomic mass is 10.1. The summed E-state index contributed by atoms with van der Waals surface area (Å²) in [5.41, 5.74) is 0.898. The molecule has 1 atom stereocenters. The lowest BCUT2D eigenvalue weighted by molar-refractivity contribution is -0.389. The molecule has 1 aromatic carbocycles. The van der Waals surface area contributed by atoms with E-state index in [9.17, 15) is 24.5 Å². The van der Waals surface area contributed by atoms with E-state index in [1.165, 1.54) is 11.1 Å². The van der Waals surface area contributed by atoms with Crippen molar-refractivity contribution < 1.29 is 19.3 Å². The SMILES string of the molecule is Cc1nc([N+](=O)[O-])cn1CCN1C(=O)C2CN(C(=O)Cc3ccccc3)CCN2C1=O. The molecule has 2 saturated heterocycles. The van der Waals surface area contributed by atoms with Crippen LogP contribution in [0.15, 0.2) is 36.5 Å². The second-order valence-electron chi connectivity index (χ2n) is 7.58. The van der Waals surface area contributed by atoms with Crippen LogP contribution in [0.4, 0.5) is 10.6 Å². The van der Waals surface area contributed by atoms with Gasteiger partial charge in [0.05, 0.1) is 13.0 Å². The Labute approximate surface area is 178 Å². The number of imide groups is 1. The fourth-order valence-electron chi connectivity index (χ4n) is 3.98. The zero-order valence-electron chi connectivity index (χ0n) is 17.0. The Balaban J connectivity index is 1.39. The van der Waals surface area contributed by atoms with Crippen LogP contribution in [0.3, 0.4) is 0 Å². The Morgan fingerprint density at radius 2 is 1.94 bits per heavy atom. The van der Waals surface area contributed by atoms with Crippen molar-refractivity contribution in [3.05, 3.63) is 58.0 Å². The van der Waals surface area contributed by atoms with E-state index in [0.29, 0.717) is 18.9 Å². The van der Waals surface area contributed by atoms with Crippen molar-refractivity contribution in [2.45, 2.75) is 25.9 Å². The van der Waals surface area contributed by atoms with Gasteiger partial charge in [0.2, 0.25) is 11.7 Å². The predicted molar refractivity (Wildman–Crippen MR) is 108 cm³/mol. The summed E-state index contributed by atoms with van der Waals surface area (Å²) in [6, 6.07) is 8.29. The third kappa shape index (κ3) is 3.98. The molecule has 0 saturated carbocycles. The molecule has 0 radical (unpaired) electrons. The number of piperazine rings is 1. The largest absolute Gasteiger partial charge is 0.381 e. The average Bonchev–Trinajstić information content (AvgIpc) is 3.25. The molecule has 0 aliphatic carbocycles. The highest BCUT2D eigenvalue weighted by Crippen LogP contribution is 2.23. The van der Waals surface area contributed by atoms with E-state index >= 15 is 0 Å². The van der Waals surface area contributed by atoms with Gasteiger partial charge in [0.25, 0.3) is 5.91 Å². The number of benzene rings is 1. The molecule has 2 aromatic rings. The van der Waals surface area contributed by atoms with Gasteiger partial charge in [-0.3, -0.25) is 14.5 Å². The molecule has 4 amide bonds. The van der Waals surface area contributed by atoms with Crippen LogP contribution in [0.25, 0.3) is 0 Å². The number of fused-ring (bicyclic) bond motifs is 1. The quantitative estimate of drug-likeness (QED) is 0.383. The standard InChI is InChI=1S/C20H22N6O5/c1-14-21-17(26(30)31)13-22(14)7-10-25-19(28)16-12-23(8-9-24(16)20(25)29)18(27)11-15-5-3-2-4-6-15/h2-6,13,16H,7-12H2,1H3. The van der Waals surface area contributed by atoms with Gasteiger partial charge < -0.3 is 24.5 Å². The summed E-state index contributed by atoms with van der Waals surface area (Å²) in [4.78, 5) is 56.7. The molecule has 2 aliphatic heterocycles. The van der Waals surface area contributed by atoms with Crippen LogP contribution in [0, 0.1) is 17.0 Å². The maximum atomic E-state index is 12.9. The maximum absolute atomic E-state index is 12.9. The summed E-state index contributed by atoms with van der Waals surface area (Å²) in [6.07, 6.45) is 1.54. The minimum absolute atomic E-state index is 0.0779. The number of nitro groups is 1. The summed E-state index contributed by atoms with van der Waals surface area (Å²) in [7, 11) is 0. The Morgan fingerprint density at radius 3 is 2.61 bits per heavy atom. The van der Waals surface area contributed by atoms with Crippen LogP contribution in [0.5, 0.6) is 0 Å². The fourth-order valence-corrected chi connectivity index (χ4v) is 3.98. The predicted octanol–water partition coefficient (Wildman–Crippen LogP) is 0.817. The Bertz CT molecular complexity index is 1040. The van der Waals surface area contributed by atoms with Crippen molar-refractivity contribution in [1.29, 1.82) is 0 Å². The van der Waals surface area contributed by atoms with Crippen LogP contribution in [0.1, 0.15) is 11.4 Å². The molecule has 31 heavy (non-hydrogen) atoms. The lowest BCUT2D eigenvalue weighted by Gasteiger charge is -2.35. The van der Waals surface area contributed by atoms with Gasteiger partial charge in [-0.15, -0.1) is 0 Å². The van der Waals surface area contributed by atoms with E-state index in [1.54, 1.807) is 16.4 Å². The molecule has 3 heterocycles. The van der Waals surface area contributed by atoms with E-state index < -0.39 is 17.0 Å². The first-order valence-electron chi connectivity index (χ1n) is 9.97. The zero-order chi connectivity index (χ0) is 22.1. The summed E-state index contributed by atoms with van der Waals surface area (Å²) < 4.78 is 1.55. The highest BCUT2D eigenvalue weighted by Gasteiger charge is 2.48. The van der Waals surface area contributed by atoms with Crippen LogP contribution >= 0.6 is 0 Å². The van der Waals surface area contributed by atoms with Gasteiger partial charge in [-0.05, 0) is 15.5 Å². The minimum atomic E-state index is -0.695. The third-order valence-electron chi connectivity index (χ3n) is 5.67. The maximum Gasteiger partial charge on any atom is 0.381 e. The van der Waals surface area contributed by atoms with Crippen LogP contribution < -0.4 is 0 Å². The van der Waals surface area contributed by atoms with Crippen molar-refractivity contribution in [3.8, 4) is 0 Å². The van der Waals surface area contributed by atoms with E-state index in [4.69, 9.17) is 0 Å². The molecule has 11 heteroatoms. The molecule has 2 aliphatic rings. The smallest absolute Gasteiger partial charge is 0.358 e. The van der Waals surface area contributed by atoms with Crippen molar-refractivity contribution in [3.63, 3.8) is 0 Å². The van der Waals surface area contributed by atoms with Gasteiger partial charge in [0, 0.05) is 33.1 Å². The van der Waals surface area contributed by atoms with Gasteiger partial charge in [0.15, 0.2) is 0 Å². The Morgan fingerprint density at radius 1 is 1.19 bits per heavy atom. The first-order valence-corrected chi connectivity index (χ1v) is 9.97. The molecule has 0 N–H and O–H groups in total. The monoisotopic (exact) mass is 426 g/mol. The summed E-state index contributed by atoms with van der Waals surface area (Å²) in [5, 5.41) is 10.9. The first-order chi connectivity index (χ1) is 14.8. The van der Waals surface area contributed by atoms with Crippen LogP contribution in [-0.4, -0.2) is 79.2 Å². The van der Waals surface area contributed by atoms with Gasteiger partial charge in [-0.1, -0.05) is 30.3 Å². The molecule has 2 fully saturated rings. The summed E-state index contributed by atoms with van der Waals surface area (Å²) in [6.45, 7) is 2.75. The number of aromatic nitrogens is 2. The molecule has 1 unspecified atom stereocenters. The van der Waals surface area contributed by atoms with Crippen LogP contribution in [0.2, 0.25) is 0 Å². The van der Waals surface area contributed by atoms with E-state index in [1.807, 2.05) is 30.3 Å². The first kappa shape index (κ1) is 20.5. The summed E-state index contributed by atoms with van der Waals surface area (Å²) in [5.74, 6) is -0.275. The minimum Gasteiger partial charge on any atom is -0.358 e. The Hall–Kier alpha value is -3.76. The topological polar surface area (TPSA) is 122 Å². The van der Waals surface area contributed by atoms with Gasteiger partial charge in [0.1, 0.15) is 12.2 Å². The molecule has 0 spiro atoms. The highest BCUT2D eigenvalue weighted by atomic mass is 16.6. The molecule has 4 rings (SSSR count). The van der Waals surface area contributed by atoms with Gasteiger partial charge in [-0.25, -0.2) is 4.79 Å². The molecular weight excluding hydrogens is 404 g/mol. The van der Waals surface area contributed by atoms with Gasteiger partial charge >= 0.3 is 11.8 Å². The molecule has 0 bridgehead atoms. The third-order valence-corrected chi connectivity index (χ3v) is 5.67. The van der Waals surface area contributed by atoms with Gasteiger partial charge in [-0.2, -0.15) is 0 Å². The van der Waals surface area contributed by atoms with E-state index in [2.05, 4.69) is 4.98 Å². The number of hydrogen-bond donors (Lipinski definition) is 0. The van der Waals surface area contributed by atoms with E-state index in [0.717, 1.165) is 10.5 Å². The molecule has 162 valence electrons. The average molecular weight is 426 g/mol. The number of amides is 4. The number of hydrogen-bond acceptors (Lipinski definition) is 6. The van der Waals surface area contributed by atoms with Crippen LogP contribution in [-0.2, 0) is 22.6 Å². The second-order valence-corrected chi connectivity index (χ2v) is 7.58. The summed E-state index contributed by atoms with van der Waals surface area (Å²) >= 11 is 0. The number of imidazole rings is 1. The fraction of sp³-hybridized carbons (Fsp3) is 0.400. The van der Waals surface area contributed by atoms with Crippen molar-refractivity contribution in [2.24, 2.45) is 0 Å². The zero-order valence-corrected chi connectivity index (χ0v) is 17.0. The Kier molecular flexibility index (Phi) is 5.40.